The lowest BCUT2D eigenvalue weighted by atomic mass is 9.95. The normalized spacial score (nSPS) is 10.6. The van der Waals surface area contributed by atoms with Crippen LogP contribution in [0.25, 0.3) is 11.1 Å². The summed E-state index contributed by atoms with van der Waals surface area (Å²) >= 11 is 1.93. The van der Waals surface area contributed by atoms with Crippen molar-refractivity contribution < 1.29 is 18.8 Å². The van der Waals surface area contributed by atoms with Gasteiger partial charge in [-0.15, -0.1) is 0 Å². The molecule has 3 aromatic rings. The molecule has 0 aromatic heterocycles. The van der Waals surface area contributed by atoms with Gasteiger partial charge in [0.1, 0.15) is 11.6 Å². The van der Waals surface area contributed by atoms with Crippen molar-refractivity contribution in [1.29, 1.82) is 0 Å². The number of hydrogen-bond donors (Lipinski definition) is 0. The molecule has 7 heteroatoms. The van der Waals surface area contributed by atoms with E-state index in [2.05, 4.69) is 0 Å². The SMILES string of the molecule is Cc1cccc(OC(=O)c2cccc([N+](=O)[O-])c2)c1-c1c(C)ccc(F)c1I. The second-order valence-electron chi connectivity index (χ2n) is 6.20. The predicted octanol–water partition coefficient (Wildman–Crippen LogP) is 5.84. The first kappa shape index (κ1) is 19.9. The molecule has 0 bridgehead atoms. The number of hydrogen-bond acceptors (Lipinski definition) is 4. The summed E-state index contributed by atoms with van der Waals surface area (Å²) in [7, 11) is 0. The van der Waals surface area contributed by atoms with Crippen molar-refractivity contribution in [3.05, 3.63) is 90.8 Å². The topological polar surface area (TPSA) is 69.4 Å². The minimum absolute atomic E-state index is 0.0623. The van der Waals surface area contributed by atoms with Gasteiger partial charge >= 0.3 is 5.97 Å². The van der Waals surface area contributed by atoms with Crippen LogP contribution in [-0.4, -0.2) is 10.9 Å². The van der Waals surface area contributed by atoms with Gasteiger partial charge in [0.05, 0.1) is 14.1 Å². The first-order valence-electron chi connectivity index (χ1n) is 8.31. The number of non-ortho nitro benzene ring substituents is 1. The van der Waals surface area contributed by atoms with Crippen molar-refractivity contribution in [2.75, 3.05) is 0 Å². The van der Waals surface area contributed by atoms with Crippen LogP contribution >= 0.6 is 22.6 Å². The summed E-state index contributed by atoms with van der Waals surface area (Å²) in [6.45, 7) is 3.70. The first-order valence-corrected chi connectivity index (χ1v) is 9.38. The molecule has 0 radical (unpaired) electrons. The number of carbonyl (C=O) groups excluding carboxylic acids is 1. The van der Waals surface area contributed by atoms with E-state index >= 15 is 0 Å². The highest BCUT2D eigenvalue weighted by Gasteiger charge is 2.20. The van der Waals surface area contributed by atoms with Crippen LogP contribution in [-0.2, 0) is 0 Å². The molecule has 0 N–H and O–H groups in total. The highest BCUT2D eigenvalue weighted by molar-refractivity contribution is 14.1. The summed E-state index contributed by atoms with van der Waals surface area (Å²) < 4.78 is 20.2. The molecule has 28 heavy (non-hydrogen) atoms. The Balaban J connectivity index is 2.07. The second kappa shape index (κ2) is 8.05. The van der Waals surface area contributed by atoms with E-state index in [1.54, 1.807) is 18.2 Å². The molecule has 5 nitrogen and oxygen atoms in total. The quantitative estimate of drug-likeness (QED) is 0.151. The Kier molecular flexibility index (Phi) is 5.73. The number of nitrogens with zero attached hydrogens (tertiary/aromatic N) is 1. The molecule has 0 fully saturated rings. The van der Waals surface area contributed by atoms with Crippen LogP contribution in [0.2, 0.25) is 0 Å². The smallest absolute Gasteiger partial charge is 0.343 e. The number of benzene rings is 3. The zero-order valence-electron chi connectivity index (χ0n) is 15.0. The zero-order valence-corrected chi connectivity index (χ0v) is 17.2. The number of nitro benzene ring substituents is 1. The molecule has 0 aliphatic heterocycles. The summed E-state index contributed by atoms with van der Waals surface area (Å²) in [6, 6.07) is 13.6. The predicted molar refractivity (Wildman–Crippen MR) is 112 cm³/mol. The molecule has 0 saturated heterocycles. The Morgan fingerprint density at radius 2 is 1.71 bits per heavy atom. The van der Waals surface area contributed by atoms with Gasteiger partial charge in [0.25, 0.3) is 5.69 Å². The van der Waals surface area contributed by atoms with E-state index in [1.807, 2.05) is 42.5 Å². The van der Waals surface area contributed by atoms with E-state index in [9.17, 15) is 19.3 Å². The Labute approximate surface area is 174 Å². The lowest BCUT2D eigenvalue weighted by Gasteiger charge is -2.17. The maximum absolute atomic E-state index is 14.2. The minimum atomic E-state index is -0.723. The molecular weight excluding hydrogens is 476 g/mol. The largest absolute Gasteiger partial charge is 0.422 e. The van der Waals surface area contributed by atoms with E-state index < -0.39 is 10.9 Å². The fourth-order valence-corrected chi connectivity index (χ4v) is 3.78. The summed E-state index contributed by atoms with van der Waals surface area (Å²) in [5.74, 6) is -0.817. The maximum Gasteiger partial charge on any atom is 0.343 e. The Bertz CT molecular complexity index is 1100. The number of carbonyl (C=O) groups is 1. The number of esters is 1. The fourth-order valence-electron chi connectivity index (χ4n) is 2.91. The van der Waals surface area contributed by atoms with Crippen molar-refractivity contribution in [2.24, 2.45) is 0 Å². The number of rotatable bonds is 4. The summed E-state index contributed by atoms with van der Waals surface area (Å²) in [5, 5.41) is 10.9. The highest BCUT2D eigenvalue weighted by atomic mass is 127. The van der Waals surface area contributed by atoms with Crippen LogP contribution in [0.3, 0.4) is 0 Å². The van der Waals surface area contributed by atoms with Gasteiger partial charge < -0.3 is 4.74 Å². The van der Waals surface area contributed by atoms with Crippen LogP contribution in [0, 0.1) is 33.3 Å². The highest BCUT2D eigenvalue weighted by Crippen LogP contribution is 2.39. The van der Waals surface area contributed by atoms with Crippen LogP contribution in [0.1, 0.15) is 21.5 Å². The van der Waals surface area contributed by atoms with Gasteiger partial charge in [0.15, 0.2) is 0 Å². The maximum atomic E-state index is 14.2. The van der Waals surface area contributed by atoms with E-state index in [0.29, 0.717) is 14.7 Å². The monoisotopic (exact) mass is 491 g/mol. The molecule has 3 rings (SSSR count). The standard InChI is InChI=1S/C21H15FINO4/c1-12-5-3-8-17(18(12)19-13(2)9-10-16(22)20(19)23)28-21(25)14-6-4-7-15(11-14)24(26)27/h3-11H,1-2H3. The first-order chi connectivity index (χ1) is 13.3. The molecule has 3 aromatic carbocycles. The summed E-state index contributed by atoms with van der Waals surface area (Å²) in [6.07, 6.45) is 0. The van der Waals surface area contributed by atoms with E-state index in [0.717, 1.165) is 17.2 Å². The molecular formula is C21H15FINO4. The van der Waals surface area contributed by atoms with E-state index in [4.69, 9.17) is 4.74 Å². The van der Waals surface area contributed by atoms with Crippen molar-refractivity contribution in [3.63, 3.8) is 0 Å². The van der Waals surface area contributed by atoms with Crippen molar-refractivity contribution in [2.45, 2.75) is 13.8 Å². The van der Waals surface area contributed by atoms with Gasteiger partial charge in [-0.05, 0) is 65.8 Å². The third-order valence-corrected chi connectivity index (χ3v) is 5.34. The molecule has 0 aliphatic carbocycles. The van der Waals surface area contributed by atoms with Crippen LogP contribution < -0.4 is 4.74 Å². The second-order valence-corrected chi connectivity index (χ2v) is 7.28. The molecule has 0 atom stereocenters. The van der Waals surface area contributed by atoms with Crippen molar-refractivity contribution in [3.8, 4) is 16.9 Å². The molecule has 0 saturated carbocycles. The Morgan fingerprint density at radius 3 is 2.43 bits per heavy atom. The molecule has 0 heterocycles. The van der Waals surface area contributed by atoms with Crippen molar-refractivity contribution in [1.82, 2.24) is 0 Å². The number of nitro groups is 1. The van der Waals surface area contributed by atoms with Gasteiger partial charge in [-0.1, -0.05) is 24.3 Å². The molecule has 0 amide bonds. The minimum Gasteiger partial charge on any atom is -0.422 e. The molecule has 142 valence electrons. The number of ether oxygens (including phenoxy) is 1. The lowest BCUT2D eigenvalue weighted by molar-refractivity contribution is -0.384. The Hall–Kier alpha value is -2.81. The van der Waals surface area contributed by atoms with Crippen LogP contribution in [0.4, 0.5) is 10.1 Å². The average molecular weight is 491 g/mol. The zero-order chi connectivity index (χ0) is 20.4. The van der Waals surface area contributed by atoms with Gasteiger partial charge in [0.2, 0.25) is 0 Å². The fraction of sp³-hybridized carbons (Fsp3) is 0.0952. The number of aryl methyl sites for hydroxylation is 2. The third-order valence-electron chi connectivity index (χ3n) is 4.28. The molecule has 0 unspecified atom stereocenters. The van der Waals surface area contributed by atoms with Gasteiger partial charge in [-0.3, -0.25) is 10.1 Å². The van der Waals surface area contributed by atoms with E-state index in [1.165, 1.54) is 24.3 Å². The Morgan fingerprint density at radius 1 is 1.04 bits per heavy atom. The lowest BCUT2D eigenvalue weighted by Crippen LogP contribution is -2.10. The number of halogens is 2. The van der Waals surface area contributed by atoms with Crippen LogP contribution in [0.15, 0.2) is 54.6 Å². The van der Waals surface area contributed by atoms with Gasteiger partial charge in [-0.2, -0.15) is 0 Å². The molecule has 0 aliphatic rings. The third kappa shape index (κ3) is 3.89. The van der Waals surface area contributed by atoms with Crippen molar-refractivity contribution >= 4 is 34.2 Å². The summed E-state index contributed by atoms with van der Waals surface area (Å²) in [5.41, 5.74) is 2.79. The van der Waals surface area contributed by atoms with Crippen LogP contribution in [0.5, 0.6) is 5.75 Å². The summed E-state index contributed by atoms with van der Waals surface area (Å²) in [4.78, 5) is 23.0. The van der Waals surface area contributed by atoms with E-state index in [-0.39, 0.29) is 22.8 Å². The van der Waals surface area contributed by atoms with Gasteiger partial charge in [-0.25, -0.2) is 9.18 Å². The average Bonchev–Trinajstić information content (AvgIpc) is 2.67. The molecule has 0 spiro atoms. The van der Waals surface area contributed by atoms with Gasteiger partial charge in [0, 0.05) is 23.3 Å².